The molecule has 10 N–H and O–H groups in total. The fraction of sp³-hybridized carbons (Fsp3) is 0.261. The molecule has 2 aliphatic heterocycles. The van der Waals surface area contributed by atoms with E-state index in [2.05, 4.69) is 16.0 Å². The lowest BCUT2D eigenvalue weighted by Crippen LogP contribution is -2.61. The normalized spacial score (nSPS) is 18.9. The van der Waals surface area contributed by atoms with Crippen LogP contribution in [0.1, 0.15) is 27.9 Å². The number of halogens is 5. The topological polar surface area (TPSA) is 347 Å². The highest BCUT2D eigenvalue weighted by molar-refractivity contribution is 7.91. The predicted octanol–water partition coefficient (Wildman–Crippen LogP) is -0.0825. The summed E-state index contributed by atoms with van der Waals surface area (Å²) in [7, 11) is -4.22. The number of aliphatic hydroxyl groups is 3. The lowest BCUT2D eigenvalue weighted by atomic mass is 9.99. The molecule has 29 heteroatoms. The SMILES string of the molecule is NC[C@@H](C(=O)NCCC(=O)Nc1cc(C[n+]2ccn3cc(C(=O)NCc4ccc(S(=O)(=O)c5cc(F)cc(F)c5)cc4)ccc32)ccc1O[C@@H]1O[C@H](C(=O)O)[C@@H](O)[C@H](O)[C@H]1O)N1C(=O)C=CC1=O.O=C(O)C(F)(F)F. The van der Waals surface area contributed by atoms with Gasteiger partial charge >= 0.3 is 18.1 Å². The number of amides is 5. The molecule has 0 spiro atoms. The summed E-state index contributed by atoms with van der Waals surface area (Å²) in [5.74, 6) is -10.0. The summed E-state index contributed by atoms with van der Waals surface area (Å²) in [6.07, 6.45) is -8.25. The Hall–Kier alpha value is -8.22. The number of aliphatic carboxylic acids is 2. The van der Waals surface area contributed by atoms with Crippen LogP contribution in [0.3, 0.4) is 0 Å². The molecular weight excluding hydrogens is 1030 g/mol. The van der Waals surface area contributed by atoms with Crippen molar-refractivity contribution in [2.75, 3.05) is 18.4 Å². The number of rotatable bonds is 17. The van der Waals surface area contributed by atoms with E-state index in [9.17, 15) is 79.6 Å². The van der Waals surface area contributed by atoms with Gasteiger partial charge in [-0.25, -0.2) is 35.8 Å². The molecule has 2 aromatic heterocycles. The van der Waals surface area contributed by atoms with Gasteiger partial charge in [-0.15, -0.1) is 0 Å². The van der Waals surface area contributed by atoms with Crippen molar-refractivity contribution >= 4 is 62.6 Å². The van der Waals surface area contributed by atoms with E-state index in [4.69, 9.17) is 25.1 Å². The first-order valence-electron chi connectivity index (χ1n) is 21.7. The second-order valence-corrected chi connectivity index (χ2v) is 18.2. The number of carbonyl (C=O) groups excluding carboxylic acids is 5. The van der Waals surface area contributed by atoms with E-state index in [1.54, 1.807) is 45.8 Å². The number of fused-ring (bicyclic) bond motifs is 1. The van der Waals surface area contributed by atoms with Crippen molar-refractivity contribution in [1.29, 1.82) is 0 Å². The van der Waals surface area contributed by atoms with Crippen LogP contribution in [-0.4, -0.2) is 141 Å². The van der Waals surface area contributed by atoms with E-state index < -0.39 is 111 Å². The maximum Gasteiger partial charge on any atom is 0.490 e. The van der Waals surface area contributed by atoms with Crippen molar-refractivity contribution in [3.05, 3.63) is 132 Å². The second kappa shape index (κ2) is 23.3. The number of aliphatic hydroxyl groups excluding tert-OH is 3. The molecule has 1 saturated heterocycles. The summed E-state index contributed by atoms with van der Waals surface area (Å²) in [5.41, 5.74) is 7.59. The van der Waals surface area contributed by atoms with Crippen molar-refractivity contribution in [3.63, 3.8) is 0 Å². The number of nitrogens with zero attached hydrogens (tertiary/aromatic N) is 3. The maximum absolute atomic E-state index is 13.7. The van der Waals surface area contributed by atoms with E-state index in [0.717, 1.165) is 12.2 Å². The number of carboxylic acids is 2. The minimum atomic E-state index is -5.08. The minimum absolute atomic E-state index is 0.00886. The molecule has 0 unspecified atom stereocenters. The molecule has 6 atom stereocenters. The molecule has 0 radical (unpaired) electrons. The third kappa shape index (κ3) is 13.5. The first-order chi connectivity index (χ1) is 35.3. The summed E-state index contributed by atoms with van der Waals surface area (Å²) in [6.45, 7) is -0.498. The average molecular weight is 1080 g/mol. The van der Waals surface area contributed by atoms with E-state index in [-0.39, 0.29) is 54.5 Å². The number of ether oxygens (including phenoxy) is 2. The molecule has 398 valence electrons. The van der Waals surface area contributed by atoms with Crippen LogP contribution in [0.4, 0.5) is 27.6 Å². The number of anilines is 1. The van der Waals surface area contributed by atoms with Crippen LogP contribution in [0.2, 0.25) is 0 Å². The van der Waals surface area contributed by atoms with Gasteiger partial charge in [0.2, 0.25) is 27.9 Å². The second-order valence-electron chi connectivity index (χ2n) is 16.3. The van der Waals surface area contributed by atoms with Gasteiger partial charge in [-0.1, -0.05) is 18.2 Å². The number of imidazole rings is 1. The largest absolute Gasteiger partial charge is 0.490 e. The number of hydrogen-bond acceptors (Lipinski definition) is 15. The lowest BCUT2D eigenvalue weighted by molar-refractivity contribution is -0.661. The zero-order valence-corrected chi connectivity index (χ0v) is 39.1. The van der Waals surface area contributed by atoms with Gasteiger partial charge in [0, 0.05) is 50.3 Å². The van der Waals surface area contributed by atoms with E-state index in [0.29, 0.717) is 39.9 Å². The molecule has 0 aliphatic carbocycles. The molecule has 23 nitrogen and oxygen atoms in total. The molecule has 75 heavy (non-hydrogen) atoms. The van der Waals surface area contributed by atoms with Gasteiger partial charge in [0.1, 0.15) is 66.9 Å². The van der Waals surface area contributed by atoms with Gasteiger partial charge in [-0.05, 0) is 53.6 Å². The molecular formula is C46H43F5N7O16S+. The Morgan fingerprint density at radius 1 is 0.827 bits per heavy atom. The van der Waals surface area contributed by atoms with Crippen LogP contribution < -0.4 is 31.0 Å². The standard InChI is InChI=1S/C44H41F2N7O14S.C2HF3O2/c45-26-16-27(46)18-29(17-26)68(64,65)28-5-1-23(2-6-28)20-49-41(60)25-4-8-34-51(13-14-52(34)22-25)21-24-3-7-32(66-44-39(59)37(57)38(58)40(67-44)43(62)63)30(15-24)50-33(54)11-12-48-42(61)31(19-47)53-35(55)9-10-36(53)56;3-2(4,5)1(6)7/h1-10,13-18,22,31,37-40,44,57-59H,11-12,19-21,47H2,(H3-,48,49,50,54,60,61,62,63);(H,6,7)/p+1/t31-,37-,38-,39+,40-,44+;/m0./s1. The number of carbonyl (C=O) groups is 7. The number of hydrogen-bond donors (Lipinski definition) is 9. The monoisotopic (exact) mass is 1080 g/mol. The van der Waals surface area contributed by atoms with Gasteiger partial charge in [-0.2, -0.15) is 13.2 Å². The Bertz CT molecular complexity index is 3140. The number of imide groups is 1. The highest BCUT2D eigenvalue weighted by atomic mass is 32.2. The molecule has 5 aromatic rings. The fourth-order valence-electron chi connectivity index (χ4n) is 7.29. The van der Waals surface area contributed by atoms with Crippen LogP contribution in [-0.2, 0) is 56.4 Å². The fourth-order valence-corrected chi connectivity index (χ4v) is 8.59. The zero-order chi connectivity index (χ0) is 55.1. The van der Waals surface area contributed by atoms with Crippen LogP contribution in [0.25, 0.3) is 5.65 Å². The molecule has 2 aliphatic rings. The summed E-state index contributed by atoms with van der Waals surface area (Å²) < 4.78 is 99.5. The highest BCUT2D eigenvalue weighted by Crippen LogP contribution is 2.31. The molecule has 1 fully saturated rings. The Balaban J connectivity index is 0.00000122. The van der Waals surface area contributed by atoms with Crippen LogP contribution in [0.5, 0.6) is 5.75 Å². The number of carboxylic acid groups (broad SMARTS) is 2. The number of benzene rings is 3. The first kappa shape index (κ1) is 56.1. The molecule has 0 saturated carbocycles. The average Bonchev–Trinajstić information content (AvgIpc) is 3.91. The number of aromatic nitrogens is 2. The van der Waals surface area contributed by atoms with Gasteiger partial charge in [0.15, 0.2) is 6.10 Å². The number of nitrogens with one attached hydrogen (secondary N) is 3. The Morgan fingerprint density at radius 3 is 2.05 bits per heavy atom. The molecule has 3 aromatic carbocycles. The summed E-state index contributed by atoms with van der Waals surface area (Å²) >= 11 is 0. The Labute approximate surface area is 419 Å². The van der Waals surface area contributed by atoms with E-state index in [1.165, 1.54) is 36.4 Å². The van der Waals surface area contributed by atoms with Crippen LogP contribution >= 0.6 is 0 Å². The van der Waals surface area contributed by atoms with Crippen molar-refractivity contribution < 1.29 is 104 Å². The zero-order valence-electron chi connectivity index (χ0n) is 38.3. The summed E-state index contributed by atoms with van der Waals surface area (Å²) in [5, 5.41) is 55.6. The quantitative estimate of drug-likeness (QED) is 0.0334. The number of alkyl halides is 3. The number of sulfone groups is 1. The van der Waals surface area contributed by atoms with E-state index in [1.807, 2.05) is 0 Å². The molecule has 7 rings (SSSR count). The predicted molar refractivity (Wildman–Crippen MR) is 241 cm³/mol. The van der Waals surface area contributed by atoms with Gasteiger partial charge < -0.3 is 56.7 Å². The molecule has 5 amide bonds. The molecule has 0 bridgehead atoms. The third-order valence-electron chi connectivity index (χ3n) is 11.1. The third-order valence-corrected chi connectivity index (χ3v) is 12.8. The van der Waals surface area contributed by atoms with Gasteiger partial charge in [0.05, 0.1) is 21.0 Å². The van der Waals surface area contributed by atoms with Crippen molar-refractivity contribution in [2.45, 2.75) is 72.2 Å². The maximum atomic E-state index is 13.7. The van der Waals surface area contributed by atoms with Crippen molar-refractivity contribution in [3.8, 4) is 5.75 Å². The smallest absolute Gasteiger partial charge is 0.479 e. The minimum Gasteiger partial charge on any atom is -0.479 e. The van der Waals surface area contributed by atoms with Crippen molar-refractivity contribution in [1.82, 2.24) is 19.9 Å². The Morgan fingerprint density at radius 2 is 1.45 bits per heavy atom. The Kier molecular flexibility index (Phi) is 17.4. The van der Waals surface area contributed by atoms with Gasteiger partial charge in [-0.3, -0.25) is 28.9 Å². The van der Waals surface area contributed by atoms with Crippen molar-refractivity contribution in [2.24, 2.45) is 5.73 Å². The van der Waals surface area contributed by atoms with Gasteiger partial charge in [0.25, 0.3) is 23.4 Å². The number of nitrogens with two attached hydrogens (primary N) is 1. The van der Waals surface area contributed by atoms with E-state index >= 15 is 0 Å². The summed E-state index contributed by atoms with van der Waals surface area (Å²) in [4.78, 5) is 84.1. The van der Waals surface area contributed by atoms with Crippen LogP contribution in [0, 0.1) is 11.6 Å². The number of pyridine rings is 1. The highest BCUT2D eigenvalue weighted by Gasteiger charge is 2.48. The van der Waals surface area contributed by atoms with Crippen LogP contribution in [0.15, 0.2) is 113 Å². The summed E-state index contributed by atoms with van der Waals surface area (Å²) in [6, 6.07) is 13.8. The molecule has 4 heterocycles. The first-order valence-corrected chi connectivity index (χ1v) is 23.2. The lowest BCUT2D eigenvalue weighted by Gasteiger charge is -2.38.